The van der Waals surface area contributed by atoms with Crippen LogP contribution in [0.2, 0.25) is 0 Å². The van der Waals surface area contributed by atoms with Gasteiger partial charge in [0.1, 0.15) is 5.76 Å². The number of carbonyl (C=O) groups is 1. The van der Waals surface area contributed by atoms with Crippen molar-refractivity contribution in [2.45, 2.75) is 13.8 Å². The van der Waals surface area contributed by atoms with Crippen molar-refractivity contribution in [2.75, 3.05) is 0 Å². The molecule has 0 atom stereocenters. The van der Waals surface area contributed by atoms with Crippen molar-refractivity contribution >= 4 is 5.97 Å². The fraction of sp³-hybridized carbons (Fsp3) is 0.182. The summed E-state index contributed by atoms with van der Waals surface area (Å²) in [5.74, 6) is -0.344. The highest BCUT2D eigenvalue weighted by molar-refractivity contribution is 5.89. The first-order chi connectivity index (χ1) is 7.59. The number of aromatic carboxylic acids is 1. The predicted molar refractivity (Wildman–Crippen MR) is 56.2 cm³/mol. The Hall–Kier alpha value is -2.17. The van der Waals surface area contributed by atoms with Crippen molar-refractivity contribution in [3.05, 3.63) is 35.3 Å². The number of hydrogen-bond donors (Lipinski definition) is 1. The number of aromatic nitrogens is 2. The standard InChI is InChI=1S/C11H10N2O3/c1-6-10(7(2)16-13-6)9-5-8(11(14)15)3-4-12-9/h3-5H,1-2H3,(H,14,15). The maximum atomic E-state index is 10.8. The van der Waals surface area contributed by atoms with E-state index < -0.39 is 5.97 Å². The van der Waals surface area contributed by atoms with Crippen LogP contribution < -0.4 is 0 Å². The van der Waals surface area contributed by atoms with E-state index in [9.17, 15) is 4.79 Å². The van der Waals surface area contributed by atoms with E-state index in [-0.39, 0.29) is 5.56 Å². The largest absolute Gasteiger partial charge is 0.478 e. The molecule has 82 valence electrons. The van der Waals surface area contributed by atoms with Crippen LogP contribution in [0.4, 0.5) is 0 Å². The fourth-order valence-electron chi connectivity index (χ4n) is 1.55. The summed E-state index contributed by atoms with van der Waals surface area (Å²) in [5.41, 5.74) is 2.22. The number of carboxylic acid groups (broad SMARTS) is 1. The molecule has 0 saturated carbocycles. The molecule has 16 heavy (non-hydrogen) atoms. The van der Waals surface area contributed by atoms with Gasteiger partial charge in [0.2, 0.25) is 0 Å². The molecule has 0 aliphatic rings. The molecule has 0 spiro atoms. The molecular formula is C11H10N2O3. The Kier molecular flexibility index (Phi) is 2.44. The number of carboxylic acids is 1. The van der Waals surface area contributed by atoms with Gasteiger partial charge in [-0.05, 0) is 26.0 Å². The van der Waals surface area contributed by atoms with Crippen LogP contribution >= 0.6 is 0 Å². The smallest absolute Gasteiger partial charge is 0.335 e. The minimum absolute atomic E-state index is 0.199. The van der Waals surface area contributed by atoms with Crippen LogP contribution in [0.3, 0.4) is 0 Å². The first-order valence-corrected chi connectivity index (χ1v) is 4.72. The van der Waals surface area contributed by atoms with E-state index in [0.29, 0.717) is 17.1 Å². The van der Waals surface area contributed by atoms with Gasteiger partial charge in [-0.1, -0.05) is 5.16 Å². The summed E-state index contributed by atoms with van der Waals surface area (Å²) >= 11 is 0. The molecule has 0 saturated heterocycles. The molecule has 2 aromatic rings. The topological polar surface area (TPSA) is 76.2 Å². The van der Waals surface area contributed by atoms with Crippen LogP contribution in [0, 0.1) is 13.8 Å². The lowest BCUT2D eigenvalue weighted by atomic mass is 10.1. The third kappa shape index (κ3) is 1.67. The van der Waals surface area contributed by atoms with Crippen LogP contribution in [0.25, 0.3) is 11.3 Å². The van der Waals surface area contributed by atoms with E-state index in [4.69, 9.17) is 9.63 Å². The van der Waals surface area contributed by atoms with Gasteiger partial charge < -0.3 is 9.63 Å². The lowest BCUT2D eigenvalue weighted by molar-refractivity contribution is 0.0697. The molecule has 5 heteroatoms. The average Bonchev–Trinajstić information content (AvgIpc) is 2.59. The maximum Gasteiger partial charge on any atom is 0.335 e. The van der Waals surface area contributed by atoms with Crippen LogP contribution in [-0.4, -0.2) is 21.2 Å². The number of nitrogens with zero attached hydrogens (tertiary/aromatic N) is 2. The lowest BCUT2D eigenvalue weighted by Crippen LogP contribution is -1.97. The Bertz CT molecular complexity index is 526. The van der Waals surface area contributed by atoms with Crippen LogP contribution in [0.15, 0.2) is 22.9 Å². The molecule has 2 heterocycles. The highest BCUT2D eigenvalue weighted by Crippen LogP contribution is 2.25. The van der Waals surface area contributed by atoms with Crippen molar-refractivity contribution in [1.82, 2.24) is 10.1 Å². The molecule has 1 N–H and O–H groups in total. The molecule has 0 aliphatic carbocycles. The highest BCUT2D eigenvalue weighted by Gasteiger charge is 2.14. The van der Waals surface area contributed by atoms with Gasteiger partial charge in [0.25, 0.3) is 0 Å². The predicted octanol–water partition coefficient (Wildman–Crippen LogP) is 2.05. The molecular weight excluding hydrogens is 208 g/mol. The first-order valence-electron chi connectivity index (χ1n) is 4.72. The van der Waals surface area contributed by atoms with Gasteiger partial charge in [-0.15, -0.1) is 0 Å². The molecule has 0 amide bonds. The summed E-state index contributed by atoms with van der Waals surface area (Å²) < 4.78 is 5.01. The molecule has 0 unspecified atom stereocenters. The zero-order chi connectivity index (χ0) is 11.7. The monoisotopic (exact) mass is 218 g/mol. The van der Waals surface area contributed by atoms with Crippen molar-refractivity contribution in [1.29, 1.82) is 0 Å². The van der Waals surface area contributed by atoms with Crippen LogP contribution in [0.1, 0.15) is 21.8 Å². The molecule has 0 bridgehead atoms. The summed E-state index contributed by atoms with van der Waals surface area (Å²) in [5, 5.41) is 12.7. The van der Waals surface area contributed by atoms with Crippen molar-refractivity contribution in [3.63, 3.8) is 0 Å². The number of rotatable bonds is 2. The van der Waals surface area contributed by atoms with Crippen LogP contribution in [0.5, 0.6) is 0 Å². The van der Waals surface area contributed by atoms with Gasteiger partial charge in [0.15, 0.2) is 0 Å². The molecule has 5 nitrogen and oxygen atoms in total. The molecule has 0 radical (unpaired) electrons. The normalized spacial score (nSPS) is 10.4. The Morgan fingerprint density at radius 3 is 2.75 bits per heavy atom. The summed E-state index contributed by atoms with van der Waals surface area (Å²) in [6.45, 7) is 3.56. The van der Waals surface area contributed by atoms with E-state index >= 15 is 0 Å². The molecule has 0 aromatic carbocycles. The minimum Gasteiger partial charge on any atom is -0.478 e. The SMILES string of the molecule is Cc1noc(C)c1-c1cc(C(=O)O)ccn1. The van der Waals surface area contributed by atoms with Gasteiger partial charge >= 0.3 is 5.97 Å². The second-order valence-corrected chi connectivity index (χ2v) is 3.43. The third-order valence-corrected chi connectivity index (χ3v) is 2.30. The zero-order valence-electron chi connectivity index (χ0n) is 8.89. The van der Waals surface area contributed by atoms with E-state index in [2.05, 4.69) is 10.1 Å². The lowest BCUT2D eigenvalue weighted by Gasteiger charge is -2.00. The molecule has 2 rings (SSSR count). The molecule has 0 fully saturated rings. The summed E-state index contributed by atoms with van der Waals surface area (Å²) in [4.78, 5) is 14.9. The Morgan fingerprint density at radius 1 is 1.44 bits per heavy atom. The minimum atomic E-state index is -0.976. The van der Waals surface area contributed by atoms with Crippen molar-refractivity contribution in [2.24, 2.45) is 0 Å². The zero-order valence-corrected chi connectivity index (χ0v) is 8.89. The van der Waals surface area contributed by atoms with Crippen molar-refractivity contribution in [3.8, 4) is 11.3 Å². The Morgan fingerprint density at radius 2 is 2.19 bits per heavy atom. The fourth-order valence-corrected chi connectivity index (χ4v) is 1.55. The van der Waals surface area contributed by atoms with Gasteiger partial charge in [0, 0.05) is 6.20 Å². The van der Waals surface area contributed by atoms with Crippen molar-refractivity contribution < 1.29 is 14.4 Å². The number of aryl methyl sites for hydroxylation is 2. The summed E-state index contributed by atoms with van der Waals surface area (Å²) in [6.07, 6.45) is 1.46. The van der Waals surface area contributed by atoms with E-state index in [1.54, 1.807) is 13.8 Å². The Balaban J connectivity index is 2.57. The summed E-state index contributed by atoms with van der Waals surface area (Å²) in [6, 6.07) is 2.96. The Labute approximate surface area is 91.7 Å². The maximum absolute atomic E-state index is 10.8. The van der Waals surface area contributed by atoms with Gasteiger partial charge in [-0.3, -0.25) is 4.98 Å². The van der Waals surface area contributed by atoms with E-state index in [1.165, 1.54) is 18.3 Å². The molecule has 2 aromatic heterocycles. The third-order valence-electron chi connectivity index (χ3n) is 2.30. The second-order valence-electron chi connectivity index (χ2n) is 3.43. The van der Waals surface area contributed by atoms with E-state index in [0.717, 1.165) is 5.56 Å². The average molecular weight is 218 g/mol. The summed E-state index contributed by atoms with van der Waals surface area (Å²) in [7, 11) is 0. The number of pyridine rings is 1. The number of hydrogen-bond acceptors (Lipinski definition) is 4. The van der Waals surface area contributed by atoms with Gasteiger partial charge in [-0.2, -0.15) is 0 Å². The van der Waals surface area contributed by atoms with Gasteiger partial charge in [0.05, 0.1) is 22.5 Å². The quantitative estimate of drug-likeness (QED) is 0.834. The van der Waals surface area contributed by atoms with Crippen LogP contribution in [-0.2, 0) is 0 Å². The van der Waals surface area contributed by atoms with E-state index in [1.807, 2.05) is 0 Å². The van der Waals surface area contributed by atoms with Gasteiger partial charge in [-0.25, -0.2) is 4.79 Å². The highest BCUT2D eigenvalue weighted by atomic mass is 16.5. The second kappa shape index (κ2) is 3.77. The molecule has 0 aliphatic heterocycles. The first kappa shape index (κ1) is 10.4.